The van der Waals surface area contributed by atoms with Crippen molar-refractivity contribution in [3.05, 3.63) is 52.8 Å². The second-order valence-corrected chi connectivity index (χ2v) is 6.67. The number of hydrogen-bond acceptors (Lipinski definition) is 0. The van der Waals surface area contributed by atoms with Gasteiger partial charge in [0.25, 0.3) is 0 Å². The van der Waals surface area contributed by atoms with Gasteiger partial charge in [0.05, 0.1) is 30.1 Å². The molecule has 2 aromatic rings. The van der Waals surface area contributed by atoms with Crippen molar-refractivity contribution in [1.29, 1.82) is 0 Å². The van der Waals surface area contributed by atoms with Gasteiger partial charge in [0.2, 0.25) is 0 Å². The second-order valence-electron chi connectivity index (χ2n) is 3.55. The molecule has 0 aliphatic rings. The molecule has 0 aliphatic carbocycles. The third kappa shape index (κ3) is 2.85. The molecule has 2 aromatic carbocycles. The number of hydrogen-bond donors (Lipinski definition) is 0. The molecule has 7 heteroatoms. The van der Waals surface area contributed by atoms with Crippen LogP contribution in [0, 0.1) is 0 Å². The summed E-state index contributed by atoms with van der Waals surface area (Å²) in [4.78, 5) is 0. The summed E-state index contributed by atoms with van der Waals surface area (Å²) in [5, 5.41) is 1.28. The fourth-order valence-electron chi connectivity index (χ4n) is 1.54. The Labute approximate surface area is 148 Å². The third-order valence-corrected chi connectivity index (χ3v) is 6.00. The molecule has 0 N–H and O–H groups in total. The normalized spacial score (nSPS) is 10.9. The Morgan fingerprint density at radius 3 is 1.63 bits per heavy atom. The van der Waals surface area contributed by atoms with E-state index in [1.54, 1.807) is 18.2 Å². The van der Waals surface area contributed by atoms with Gasteiger partial charge in [-0.25, -0.2) is 0 Å². The van der Waals surface area contributed by atoms with E-state index in [1.165, 1.54) is 0 Å². The molecular weight excluding hydrogens is 437 g/mol. The van der Waals surface area contributed by atoms with Crippen LogP contribution in [0.3, 0.4) is 0 Å². The van der Waals surface area contributed by atoms with Crippen molar-refractivity contribution in [3.8, 4) is 11.1 Å². The lowest BCUT2D eigenvalue weighted by Gasteiger charge is -2.14. The van der Waals surface area contributed by atoms with Crippen LogP contribution >= 0.6 is 85.5 Å². The van der Waals surface area contributed by atoms with Crippen LogP contribution in [-0.4, -0.2) is 0 Å². The van der Waals surface area contributed by atoms with Crippen molar-refractivity contribution in [3.63, 3.8) is 0 Å². The molecule has 0 saturated heterocycles. The first-order chi connectivity index (χ1) is 8.86. The molecule has 0 unspecified atom stereocenters. The Morgan fingerprint density at radius 2 is 1.11 bits per heavy atom. The summed E-state index contributed by atoms with van der Waals surface area (Å²) in [6, 6.07) is 5.36. The molecule has 0 aliphatic heterocycles. The predicted octanol–water partition coefficient (Wildman–Crippen LogP) is 8.04. The Hall–Kier alpha value is 0.660. The predicted molar refractivity (Wildman–Crippen MR) is 89.6 cm³/mol. The Morgan fingerprint density at radius 1 is 0.632 bits per heavy atom. The first kappa shape index (κ1) is 16.0. The van der Waals surface area contributed by atoms with Crippen LogP contribution in [-0.2, 0) is 0 Å². The maximum absolute atomic E-state index is 6.23. The average Bonchev–Trinajstić information content (AvgIpc) is 2.39. The van der Waals surface area contributed by atoms with Crippen LogP contribution in [0.25, 0.3) is 11.1 Å². The largest absolute Gasteiger partial charge is 0.0824 e. The van der Waals surface area contributed by atoms with Crippen molar-refractivity contribution in [2.45, 2.75) is 0 Å². The van der Waals surface area contributed by atoms with Gasteiger partial charge < -0.3 is 0 Å². The molecule has 0 atom stereocenters. The Kier molecular flexibility index (Phi) is 5.23. The van der Waals surface area contributed by atoms with Crippen LogP contribution in [0.15, 0.2) is 22.7 Å². The lowest BCUT2D eigenvalue weighted by molar-refractivity contribution is 1.58. The van der Waals surface area contributed by atoms with Crippen LogP contribution in [0.1, 0.15) is 0 Å². The molecular formula is C12H3BrCl6. The first-order valence-corrected chi connectivity index (χ1v) is 7.88. The molecule has 19 heavy (non-hydrogen) atoms. The summed E-state index contributed by atoms with van der Waals surface area (Å²) in [7, 11) is 0. The van der Waals surface area contributed by atoms with Crippen molar-refractivity contribution in [2.24, 2.45) is 0 Å². The molecule has 0 nitrogen and oxygen atoms in total. The average molecular weight is 440 g/mol. The van der Waals surface area contributed by atoms with Gasteiger partial charge in [0.1, 0.15) is 0 Å². The topological polar surface area (TPSA) is 0 Å². The number of rotatable bonds is 1. The van der Waals surface area contributed by atoms with Gasteiger partial charge in [-0.2, -0.15) is 0 Å². The van der Waals surface area contributed by atoms with E-state index in [0.29, 0.717) is 20.6 Å². The van der Waals surface area contributed by atoms with Crippen LogP contribution in [0.4, 0.5) is 0 Å². The molecule has 0 heterocycles. The van der Waals surface area contributed by atoms with Gasteiger partial charge in [-0.3, -0.25) is 0 Å². The molecule has 0 bridgehead atoms. The van der Waals surface area contributed by atoms with E-state index in [0.717, 1.165) is 0 Å². The lowest BCUT2D eigenvalue weighted by atomic mass is 10.1. The minimum Gasteiger partial charge on any atom is -0.0824 e. The van der Waals surface area contributed by atoms with Crippen molar-refractivity contribution >= 4 is 85.5 Å². The maximum atomic E-state index is 6.23. The highest BCUT2D eigenvalue weighted by Crippen LogP contribution is 2.50. The van der Waals surface area contributed by atoms with Gasteiger partial charge in [0, 0.05) is 15.6 Å². The lowest BCUT2D eigenvalue weighted by Crippen LogP contribution is -1.88. The quantitative estimate of drug-likeness (QED) is 0.311. The van der Waals surface area contributed by atoms with Crippen molar-refractivity contribution < 1.29 is 0 Å². The third-order valence-electron chi connectivity index (χ3n) is 2.43. The van der Waals surface area contributed by atoms with Gasteiger partial charge in [-0.15, -0.1) is 0 Å². The second kappa shape index (κ2) is 6.19. The molecule has 0 fully saturated rings. The minimum absolute atomic E-state index is 0.119. The zero-order chi connectivity index (χ0) is 14.3. The summed E-state index contributed by atoms with van der Waals surface area (Å²) in [5.74, 6) is 0. The van der Waals surface area contributed by atoms with E-state index >= 15 is 0 Å². The first-order valence-electron chi connectivity index (χ1n) is 4.82. The van der Waals surface area contributed by atoms with E-state index in [2.05, 4.69) is 15.9 Å². The number of halogens is 7. The van der Waals surface area contributed by atoms with Crippen LogP contribution in [0.2, 0.25) is 30.1 Å². The van der Waals surface area contributed by atoms with E-state index < -0.39 is 0 Å². The smallest absolute Gasteiger partial charge is 0.0809 e. The minimum atomic E-state index is 0.119. The van der Waals surface area contributed by atoms with E-state index in [-0.39, 0.29) is 25.1 Å². The fraction of sp³-hybridized carbons (Fsp3) is 0. The van der Waals surface area contributed by atoms with E-state index in [1.807, 2.05) is 0 Å². The monoisotopic (exact) mass is 436 g/mol. The summed E-state index contributed by atoms with van der Waals surface area (Å²) >= 11 is 40.0. The summed E-state index contributed by atoms with van der Waals surface area (Å²) in [5.41, 5.74) is 1.07. The molecule has 0 radical (unpaired) electrons. The summed E-state index contributed by atoms with van der Waals surface area (Å²) in [6.07, 6.45) is 0. The van der Waals surface area contributed by atoms with Gasteiger partial charge in [-0.05, 0) is 22.0 Å². The van der Waals surface area contributed by atoms with Crippen molar-refractivity contribution in [1.82, 2.24) is 0 Å². The molecule has 0 saturated carbocycles. The van der Waals surface area contributed by atoms with Crippen LogP contribution < -0.4 is 0 Å². The molecule has 100 valence electrons. The molecule has 0 amide bonds. The molecule has 2 rings (SSSR count). The zero-order valence-corrected chi connectivity index (χ0v) is 15.0. The molecule has 0 aromatic heterocycles. The summed E-state index contributed by atoms with van der Waals surface area (Å²) in [6.45, 7) is 0. The highest BCUT2D eigenvalue weighted by molar-refractivity contribution is 9.10. The van der Waals surface area contributed by atoms with Gasteiger partial charge in [-0.1, -0.05) is 81.7 Å². The molecule has 0 spiro atoms. The van der Waals surface area contributed by atoms with E-state index in [4.69, 9.17) is 69.6 Å². The SMILES string of the molecule is Clc1c(Br)cccc1-c1c(Cl)c(Cl)c(Cl)c(Cl)c1Cl. The highest BCUT2D eigenvalue weighted by atomic mass is 79.9. The standard InChI is InChI=1S/C12H3BrCl6/c13-5-3-1-2-4(7(5)14)6-8(15)10(17)12(19)11(18)9(6)16/h1-3H. The van der Waals surface area contributed by atoms with Gasteiger partial charge >= 0.3 is 0 Å². The fourth-order valence-corrected chi connectivity index (χ4v) is 3.47. The maximum Gasteiger partial charge on any atom is 0.0809 e. The Bertz CT molecular complexity index is 639. The number of benzene rings is 2. The van der Waals surface area contributed by atoms with E-state index in [9.17, 15) is 0 Å². The Balaban J connectivity index is 2.87. The highest BCUT2D eigenvalue weighted by Gasteiger charge is 2.22. The van der Waals surface area contributed by atoms with Crippen LogP contribution in [0.5, 0.6) is 0 Å². The van der Waals surface area contributed by atoms with Gasteiger partial charge in [0.15, 0.2) is 0 Å². The summed E-state index contributed by atoms with van der Waals surface area (Å²) < 4.78 is 0.709. The zero-order valence-electron chi connectivity index (χ0n) is 8.88. The van der Waals surface area contributed by atoms with Crippen molar-refractivity contribution in [2.75, 3.05) is 0 Å².